The molecule has 4 rings (SSSR count). The molecule has 10 heteroatoms. The molecule has 0 bridgehead atoms. The van der Waals surface area contributed by atoms with Crippen LogP contribution in [0.1, 0.15) is 19.4 Å². The molecule has 0 spiro atoms. The van der Waals surface area contributed by atoms with Crippen LogP contribution in [0, 0.1) is 14.9 Å². The van der Waals surface area contributed by atoms with Gasteiger partial charge in [-0.1, -0.05) is 48.2 Å². The van der Waals surface area contributed by atoms with Crippen LogP contribution in [-0.4, -0.2) is 54.2 Å². The Balaban J connectivity index is 1.65. The third-order valence-corrected chi connectivity index (χ3v) is 7.76. The van der Waals surface area contributed by atoms with Crippen molar-refractivity contribution in [3.05, 3.63) is 63.7 Å². The largest absolute Gasteiger partial charge is 0.456 e. The number of hydrogen-bond donors (Lipinski definition) is 0. The van der Waals surface area contributed by atoms with Gasteiger partial charge in [0.1, 0.15) is 23.7 Å². The lowest BCUT2D eigenvalue weighted by Gasteiger charge is -2.49. The zero-order chi connectivity index (χ0) is 25.0. The Morgan fingerprint density at radius 3 is 2.40 bits per heavy atom. The topological polar surface area (TPSA) is 104 Å². The van der Waals surface area contributed by atoms with Crippen LogP contribution in [0.25, 0.3) is 0 Å². The number of halogens is 1. The predicted molar refractivity (Wildman–Crippen MR) is 134 cm³/mol. The first kappa shape index (κ1) is 25.9. The van der Waals surface area contributed by atoms with Crippen molar-refractivity contribution in [3.63, 3.8) is 0 Å². The molecule has 6 atom stereocenters. The Hall–Kier alpha value is -2.17. The Morgan fingerprint density at radius 2 is 1.74 bits per heavy atom. The number of esters is 2. The van der Waals surface area contributed by atoms with Gasteiger partial charge in [-0.05, 0) is 46.4 Å². The van der Waals surface area contributed by atoms with Crippen molar-refractivity contribution in [2.45, 2.75) is 60.8 Å². The van der Waals surface area contributed by atoms with E-state index in [1.807, 2.05) is 54.6 Å². The number of nitrogens with zero attached hydrogens (tertiary/aromatic N) is 1. The molecule has 0 amide bonds. The van der Waals surface area contributed by atoms with Crippen LogP contribution in [0.4, 0.5) is 0 Å². The van der Waals surface area contributed by atoms with Crippen LogP contribution >= 0.6 is 34.4 Å². The number of benzene rings is 2. The molecule has 2 aliphatic heterocycles. The molecule has 2 aromatic carbocycles. The van der Waals surface area contributed by atoms with Crippen molar-refractivity contribution in [3.8, 4) is 6.07 Å². The maximum absolute atomic E-state index is 12.1. The molecule has 0 radical (unpaired) electrons. The summed E-state index contributed by atoms with van der Waals surface area (Å²) in [6.45, 7) is 2.60. The van der Waals surface area contributed by atoms with Gasteiger partial charge in [-0.15, -0.1) is 0 Å². The van der Waals surface area contributed by atoms with Crippen LogP contribution < -0.4 is 0 Å². The number of hydrogen-bond acceptors (Lipinski definition) is 9. The summed E-state index contributed by atoms with van der Waals surface area (Å²) in [4.78, 5) is 25.0. The average molecular weight is 609 g/mol. The minimum Gasteiger partial charge on any atom is -0.456 e. The molecule has 35 heavy (non-hydrogen) atoms. The molecule has 2 aliphatic rings. The van der Waals surface area contributed by atoms with Crippen molar-refractivity contribution in [2.75, 3.05) is 6.61 Å². The monoisotopic (exact) mass is 609 g/mol. The van der Waals surface area contributed by atoms with Crippen LogP contribution in [0.3, 0.4) is 0 Å². The molecular formula is C25H24INO7S. The van der Waals surface area contributed by atoms with E-state index in [4.69, 9.17) is 23.7 Å². The number of carbonyl (C=O) groups is 2. The Bertz CT molecular complexity index is 1110. The number of thioether (sulfide) groups is 1. The second kappa shape index (κ2) is 11.3. The van der Waals surface area contributed by atoms with Gasteiger partial charge < -0.3 is 23.7 Å². The number of ether oxygens (including phenoxy) is 5. The number of fused-ring (bicyclic) bond motifs is 1. The van der Waals surface area contributed by atoms with E-state index in [2.05, 4.69) is 28.7 Å². The summed E-state index contributed by atoms with van der Waals surface area (Å²) >= 11 is 3.54. The van der Waals surface area contributed by atoms with Crippen LogP contribution in [0.2, 0.25) is 0 Å². The fourth-order valence-corrected chi connectivity index (χ4v) is 5.78. The second-order valence-electron chi connectivity index (χ2n) is 8.15. The third-order valence-electron chi connectivity index (χ3n) is 5.55. The first-order valence-corrected chi connectivity index (χ1v) is 12.9. The van der Waals surface area contributed by atoms with E-state index >= 15 is 0 Å². The van der Waals surface area contributed by atoms with Crippen molar-refractivity contribution in [1.29, 1.82) is 5.26 Å². The Labute approximate surface area is 221 Å². The van der Waals surface area contributed by atoms with Gasteiger partial charge in [0.25, 0.3) is 5.79 Å². The number of nitriles is 1. The summed E-state index contributed by atoms with van der Waals surface area (Å²) in [7, 11) is 0. The standard InChI is InChI=1S/C25H24INO7S/c1-15(28)31-22-21-20(13-30-25(14-27,34-21)12-17-8-6-7-11-19(17)26)33-24(23(22)32-16(2)29)35-18-9-4-3-5-10-18/h3-11,20-24H,12-13H2,1-2H3/t20-,21+,22+,23-,24+,25-/m1/s1. The fourth-order valence-electron chi connectivity index (χ4n) is 4.08. The van der Waals surface area contributed by atoms with Gasteiger partial charge in [-0.25, -0.2) is 0 Å². The van der Waals surface area contributed by atoms with E-state index in [-0.39, 0.29) is 13.0 Å². The molecule has 0 aliphatic carbocycles. The second-order valence-corrected chi connectivity index (χ2v) is 10.5. The molecule has 2 aromatic rings. The van der Waals surface area contributed by atoms with Crippen molar-refractivity contribution < 1.29 is 33.3 Å². The first-order chi connectivity index (χ1) is 16.8. The summed E-state index contributed by atoms with van der Waals surface area (Å²) in [5.74, 6) is -2.73. The SMILES string of the molecule is CC(=O)O[C@H]1[C@H]2O[C@@](C#N)(Cc3ccccc3I)OC[C@H]2O[C@@H](Sc2ccccc2)[C@@H]1OC(C)=O. The molecule has 8 nitrogen and oxygen atoms in total. The lowest BCUT2D eigenvalue weighted by molar-refractivity contribution is -0.343. The molecule has 2 fully saturated rings. The molecule has 0 unspecified atom stereocenters. The highest BCUT2D eigenvalue weighted by atomic mass is 127. The van der Waals surface area contributed by atoms with E-state index in [1.54, 1.807) is 0 Å². The van der Waals surface area contributed by atoms with Crippen LogP contribution in [0.15, 0.2) is 59.5 Å². The molecule has 2 heterocycles. The number of rotatable bonds is 6. The fraction of sp³-hybridized carbons (Fsp3) is 0.400. The summed E-state index contributed by atoms with van der Waals surface area (Å²) in [6.07, 6.45) is -3.33. The van der Waals surface area contributed by atoms with Crippen LogP contribution in [0.5, 0.6) is 0 Å². The minimum atomic E-state index is -1.62. The highest BCUT2D eigenvalue weighted by Crippen LogP contribution is 2.41. The molecule has 2 saturated heterocycles. The first-order valence-electron chi connectivity index (χ1n) is 11.0. The highest BCUT2D eigenvalue weighted by Gasteiger charge is 2.57. The van der Waals surface area contributed by atoms with E-state index in [9.17, 15) is 14.9 Å². The zero-order valence-corrected chi connectivity index (χ0v) is 22.1. The summed E-state index contributed by atoms with van der Waals surface area (Å²) in [5, 5.41) is 10.1. The van der Waals surface area contributed by atoms with Gasteiger partial charge in [0.2, 0.25) is 0 Å². The molecule has 184 valence electrons. The highest BCUT2D eigenvalue weighted by molar-refractivity contribution is 14.1. The maximum atomic E-state index is 12.1. The molecule has 0 aromatic heterocycles. The van der Waals surface area contributed by atoms with E-state index in [1.165, 1.54) is 25.6 Å². The zero-order valence-electron chi connectivity index (χ0n) is 19.1. The third kappa shape index (κ3) is 6.16. The smallest absolute Gasteiger partial charge is 0.303 e. The summed E-state index contributed by atoms with van der Waals surface area (Å²) < 4.78 is 30.7. The van der Waals surface area contributed by atoms with E-state index < -0.39 is 47.6 Å². The lowest BCUT2D eigenvalue weighted by Crippen LogP contribution is -2.66. The van der Waals surface area contributed by atoms with Gasteiger partial charge in [0.05, 0.1) is 6.61 Å². The van der Waals surface area contributed by atoms with Gasteiger partial charge in [-0.3, -0.25) is 9.59 Å². The normalized spacial score (nSPS) is 29.9. The Morgan fingerprint density at radius 1 is 1.09 bits per heavy atom. The maximum Gasteiger partial charge on any atom is 0.303 e. The van der Waals surface area contributed by atoms with E-state index in [0.717, 1.165) is 14.0 Å². The van der Waals surface area contributed by atoms with Gasteiger partial charge in [-0.2, -0.15) is 5.26 Å². The lowest BCUT2D eigenvalue weighted by atomic mass is 9.96. The molecule has 0 N–H and O–H groups in total. The van der Waals surface area contributed by atoms with Crippen LogP contribution in [-0.2, 0) is 39.7 Å². The summed E-state index contributed by atoms with van der Waals surface area (Å²) in [6, 6.07) is 19.2. The average Bonchev–Trinajstić information content (AvgIpc) is 2.83. The predicted octanol–water partition coefficient (Wildman–Crippen LogP) is 3.85. The number of carbonyl (C=O) groups excluding carboxylic acids is 2. The molecule has 0 saturated carbocycles. The minimum absolute atomic E-state index is 0.0397. The summed E-state index contributed by atoms with van der Waals surface area (Å²) in [5.41, 5.74) is 0.187. The van der Waals surface area contributed by atoms with Crippen molar-refractivity contribution in [1.82, 2.24) is 0 Å². The van der Waals surface area contributed by atoms with Gasteiger partial charge in [0.15, 0.2) is 12.2 Å². The van der Waals surface area contributed by atoms with Gasteiger partial charge >= 0.3 is 11.9 Å². The quantitative estimate of drug-likeness (QED) is 0.357. The van der Waals surface area contributed by atoms with Crippen molar-refractivity contribution >= 4 is 46.3 Å². The van der Waals surface area contributed by atoms with Crippen molar-refractivity contribution in [2.24, 2.45) is 0 Å². The van der Waals surface area contributed by atoms with Gasteiger partial charge in [0, 0.05) is 28.7 Å². The molecular weight excluding hydrogens is 585 g/mol. The Kier molecular flexibility index (Phi) is 8.34. The van der Waals surface area contributed by atoms with E-state index in [0.29, 0.717) is 0 Å².